The van der Waals surface area contributed by atoms with E-state index < -0.39 is 0 Å². The van der Waals surface area contributed by atoms with Crippen molar-refractivity contribution in [2.24, 2.45) is 5.41 Å². The molecule has 7 heteroatoms. The maximum Gasteiger partial charge on any atom is 0.244 e. The maximum absolute atomic E-state index is 12.3. The number of nitrogens with zero attached hydrogens (tertiary/aromatic N) is 4. The number of hydrogen-bond acceptors (Lipinski definition) is 3. The van der Waals surface area contributed by atoms with E-state index in [0.717, 1.165) is 25.2 Å². The molecule has 1 saturated carbocycles. The topological polar surface area (TPSA) is 64.7 Å². The van der Waals surface area contributed by atoms with Gasteiger partial charge in [-0.2, -0.15) is 5.10 Å². The molecule has 0 spiro atoms. The Morgan fingerprint density at radius 3 is 2.86 bits per heavy atom. The number of amides is 1. The number of aryl methyl sites for hydroxylation is 1. The van der Waals surface area contributed by atoms with Crippen LogP contribution in [-0.4, -0.2) is 31.8 Å². The summed E-state index contributed by atoms with van der Waals surface area (Å²) in [6.45, 7) is 5.40. The van der Waals surface area contributed by atoms with Gasteiger partial charge in [0, 0.05) is 37.1 Å². The smallest absolute Gasteiger partial charge is 0.244 e. The highest BCUT2D eigenvalue weighted by atomic mass is 35.5. The molecule has 1 atom stereocenters. The second-order valence-corrected chi connectivity index (χ2v) is 6.57. The third-order valence-corrected chi connectivity index (χ3v) is 4.57. The molecule has 0 saturated heterocycles. The molecular formula is C15H20ClN5O. The lowest BCUT2D eigenvalue weighted by atomic mass is 10.1. The van der Waals surface area contributed by atoms with E-state index in [1.54, 1.807) is 10.9 Å². The van der Waals surface area contributed by atoms with Crippen LogP contribution in [0.25, 0.3) is 0 Å². The van der Waals surface area contributed by atoms with E-state index in [1.807, 2.05) is 26.2 Å². The molecule has 2 heterocycles. The summed E-state index contributed by atoms with van der Waals surface area (Å²) in [6.07, 6.45) is 9.27. The van der Waals surface area contributed by atoms with Crippen molar-refractivity contribution in [1.29, 1.82) is 0 Å². The molecular weight excluding hydrogens is 302 g/mol. The number of aromatic nitrogens is 4. The molecule has 2 aromatic rings. The highest BCUT2D eigenvalue weighted by Crippen LogP contribution is 2.46. The number of rotatable bonds is 6. The predicted octanol–water partition coefficient (Wildman–Crippen LogP) is 2.20. The molecule has 1 aliphatic rings. The molecule has 1 N–H and O–H groups in total. The highest BCUT2D eigenvalue weighted by molar-refractivity contribution is 6.30. The van der Waals surface area contributed by atoms with Crippen LogP contribution in [0, 0.1) is 12.3 Å². The first-order valence-corrected chi connectivity index (χ1v) is 7.82. The third-order valence-electron chi connectivity index (χ3n) is 4.37. The fourth-order valence-electron chi connectivity index (χ4n) is 2.57. The lowest BCUT2D eigenvalue weighted by Gasteiger charge is -2.19. The molecule has 0 aromatic carbocycles. The molecule has 0 aliphatic heterocycles. The van der Waals surface area contributed by atoms with Crippen LogP contribution in [0.2, 0.25) is 5.02 Å². The first kappa shape index (κ1) is 15.1. The van der Waals surface area contributed by atoms with Gasteiger partial charge >= 0.3 is 0 Å². The van der Waals surface area contributed by atoms with Crippen molar-refractivity contribution in [3.63, 3.8) is 0 Å². The van der Waals surface area contributed by atoms with Crippen LogP contribution in [0.3, 0.4) is 0 Å². The molecule has 1 aliphatic carbocycles. The first-order valence-electron chi connectivity index (χ1n) is 7.44. The van der Waals surface area contributed by atoms with Gasteiger partial charge in [0.25, 0.3) is 0 Å². The number of imidazole rings is 1. The molecule has 1 amide bonds. The average Bonchev–Trinajstić information content (AvgIpc) is 2.93. The van der Waals surface area contributed by atoms with Gasteiger partial charge in [0.05, 0.1) is 11.2 Å². The van der Waals surface area contributed by atoms with Crippen molar-refractivity contribution in [2.75, 3.05) is 6.54 Å². The largest absolute Gasteiger partial charge is 0.354 e. The number of carbonyl (C=O) groups is 1. The van der Waals surface area contributed by atoms with Gasteiger partial charge in [-0.05, 0) is 26.7 Å². The van der Waals surface area contributed by atoms with Gasteiger partial charge in [-0.15, -0.1) is 0 Å². The molecule has 6 nitrogen and oxygen atoms in total. The summed E-state index contributed by atoms with van der Waals surface area (Å²) in [6, 6.07) is -0.363. The Balaban J connectivity index is 1.55. The zero-order valence-electron chi connectivity index (χ0n) is 12.8. The van der Waals surface area contributed by atoms with Crippen LogP contribution in [0.1, 0.15) is 31.6 Å². The monoisotopic (exact) mass is 321 g/mol. The fourth-order valence-corrected chi connectivity index (χ4v) is 2.71. The lowest BCUT2D eigenvalue weighted by molar-refractivity contribution is -0.124. The van der Waals surface area contributed by atoms with Crippen LogP contribution < -0.4 is 5.32 Å². The van der Waals surface area contributed by atoms with Crippen LogP contribution in [0.4, 0.5) is 0 Å². The van der Waals surface area contributed by atoms with E-state index >= 15 is 0 Å². The Hall–Kier alpha value is -1.82. The Kier molecular flexibility index (Phi) is 3.95. The van der Waals surface area contributed by atoms with Crippen molar-refractivity contribution < 1.29 is 4.79 Å². The van der Waals surface area contributed by atoms with Crippen molar-refractivity contribution in [2.45, 2.75) is 39.3 Å². The Labute approximate surface area is 134 Å². The van der Waals surface area contributed by atoms with Gasteiger partial charge < -0.3 is 9.88 Å². The van der Waals surface area contributed by atoms with Gasteiger partial charge in [0.1, 0.15) is 11.9 Å². The summed E-state index contributed by atoms with van der Waals surface area (Å²) in [4.78, 5) is 16.5. The molecule has 22 heavy (non-hydrogen) atoms. The van der Waals surface area contributed by atoms with E-state index in [2.05, 4.69) is 20.0 Å². The quantitative estimate of drug-likeness (QED) is 0.887. The molecule has 1 fully saturated rings. The van der Waals surface area contributed by atoms with Gasteiger partial charge in [0.15, 0.2) is 0 Å². The zero-order valence-corrected chi connectivity index (χ0v) is 13.5. The molecule has 3 rings (SSSR count). The van der Waals surface area contributed by atoms with Crippen molar-refractivity contribution >= 4 is 17.5 Å². The first-order chi connectivity index (χ1) is 10.5. The SMILES string of the molecule is Cc1nccn1CC1(CNC(=O)C(C)n2cc(Cl)cn2)CC1. The molecule has 0 bridgehead atoms. The summed E-state index contributed by atoms with van der Waals surface area (Å²) in [7, 11) is 0. The summed E-state index contributed by atoms with van der Waals surface area (Å²) >= 11 is 5.84. The van der Waals surface area contributed by atoms with Gasteiger partial charge in [-0.1, -0.05) is 11.6 Å². The number of hydrogen-bond donors (Lipinski definition) is 1. The average molecular weight is 322 g/mol. The van der Waals surface area contributed by atoms with E-state index in [4.69, 9.17) is 11.6 Å². The molecule has 2 aromatic heterocycles. The minimum Gasteiger partial charge on any atom is -0.354 e. The van der Waals surface area contributed by atoms with E-state index in [0.29, 0.717) is 11.6 Å². The van der Waals surface area contributed by atoms with Crippen molar-refractivity contribution in [3.05, 3.63) is 35.6 Å². The minimum atomic E-state index is -0.363. The minimum absolute atomic E-state index is 0.0339. The van der Waals surface area contributed by atoms with Gasteiger partial charge in [0.2, 0.25) is 5.91 Å². The summed E-state index contributed by atoms with van der Waals surface area (Å²) in [5.41, 5.74) is 0.169. The number of nitrogens with one attached hydrogen (secondary N) is 1. The van der Waals surface area contributed by atoms with E-state index in [1.165, 1.54) is 6.20 Å². The van der Waals surface area contributed by atoms with Crippen molar-refractivity contribution in [1.82, 2.24) is 24.6 Å². The van der Waals surface area contributed by atoms with Crippen LogP contribution in [0.5, 0.6) is 0 Å². The zero-order chi connectivity index (χ0) is 15.7. The standard InChI is InChI=1S/C15H20ClN5O/c1-11(21-8-13(16)7-19-21)14(22)18-9-15(3-4-15)10-20-6-5-17-12(20)2/h5-8,11H,3-4,9-10H2,1-2H3,(H,18,22). The number of carbonyl (C=O) groups excluding carboxylic acids is 1. The Bertz CT molecular complexity index is 673. The van der Waals surface area contributed by atoms with Crippen LogP contribution in [0.15, 0.2) is 24.8 Å². The van der Waals surface area contributed by atoms with Gasteiger partial charge in [-0.25, -0.2) is 4.98 Å². The summed E-state index contributed by atoms with van der Waals surface area (Å²) < 4.78 is 3.73. The van der Waals surface area contributed by atoms with Gasteiger partial charge in [-0.3, -0.25) is 9.48 Å². The second-order valence-electron chi connectivity index (χ2n) is 6.13. The number of halogens is 1. The summed E-state index contributed by atoms with van der Waals surface area (Å²) in [5.74, 6) is 0.977. The highest BCUT2D eigenvalue weighted by Gasteiger charge is 2.43. The Morgan fingerprint density at radius 2 is 2.32 bits per heavy atom. The lowest BCUT2D eigenvalue weighted by Crippen LogP contribution is -2.36. The second kappa shape index (κ2) is 5.76. The Morgan fingerprint density at radius 1 is 1.55 bits per heavy atom. The maximum atomic E-state index is 12.3. The molecule has 118 valence electrons. The van der Waals surface area contributed by atoms with E-state index in [-0.39, 0.29) is 17.4 Å². The molecule has 0 radical (unpaired) electrons. The normalized spacial score (nSPS) is 17.2. The van der Waals surface area contributed by atoms with Crippen LogP contribution in [-0.2, 0) is 11.3 Å². The van der Waals surface area contributed by atoms with Crippen molar-refractivity contribution in [3.8, 4) is 0 Å². The van der Waals surface area contributed by atoms with Crippen LogP contribution >= 0.6 is 11.6 Å². The summed E-state index contributed by atoms with van der Waals surface area (Å²) in [5, 5.41) is 7.66. The molecule has 1 unspecified atom stereocenters. The third kappa shape index (κ3) is 3.16. The fraction of sp³-hybridized carbons (Fsp3) is 0.533. The predicted molar refractivity (Wildman–Crippen MR) is 83.6 cm³/mol. The van der Waals surface area contributed by atoms with E-state index in [9.17, 15) is 4.79 Å².